The molecule has 2 aliphatic rings. The van der Waals surface area contributed by atoms with E-state index >= 15 is 0 Å². The third-order valence-corrected chi connectivity index (χ3v) is 3.68. The molecular weight excluding hydrogens is 194 g/mol. The first-order valence-electron chi connectivity index (χ1n) is 5.42. The Hall–Kier alpha value is -0.770. The monoisotopic (exact) mass is 211 g/mol. The second kappa shape index (κ2) is 3.67. The van der Waals surface area contributed by atoms with Gasteiger partial charge in [-0.2, -0.15) is 0 Å². The lowest BCUT2D eigenvalue weighted by Crippen LogP contribution is -2.46. The van der Waals surface area contributed by atoms with Gasteiger partial charge in [0.25, 0.3) is 0 Å². The third kappa shape index (κ3) is 1.71. The Balaban J connectivity index is 2.04. The molecule has 2 rings (SSSR count). The molecule has 0 aromatic carbocycles. The van der Waals surface area contributed by atoms with Gasteiger partial charge in [-0.05, 0) is 32.2 Å². The zero-order chi connectivity index (χ0) is 10.9. The Labute approximate surface area is 89.4 Å². The maximum absolute atomic E-state index is 8.26. The molecular formula is C10H17N3O2. The lowest BCUT2D eigenvalue weighted by molar-refractivity contribution is -0.127. The zero-order valence-electron chi connectivity index (χ0n) is 9.27. The highest BCUT2D eigenvalue weighted by Crippen LogP contribution is 2.47. The molecule has 0 radical (unpaired) electrons. The first-order valence-corrected chi connectivity index (χ1v) is 5.42. The summed E-state index contributed by atoms with van der Waals surface area (Å²) in [5, 5.41) is 3.57. The van der Waals surface area contributed by atoms with Crippen LogP contribution in [0.1, 0.15) is 33.1 Å². The Kier molecular flexibility index (Phi) is 2.63. The molecule has 2 atom stereocenters. The average molecular weight is 211 g/mol. The summed E-state index contributed by atoms with van der Waals surface area (Å²) in [7, 11) is 0. The van der Waals surface area contributed by atoms with E-state index in [2.05, 4.69) is 23.9 Å². The maximum Gasteiger partial charge on any atom is 0.0991 e. The molecule has 0 unspecified atom stereocenters. The lowest BCUT2D eigenvalue weighted by atomic mass is 9.83. The van der Waals surface area contributed by atoms with Gasteiger partial charge >= 0.3 is 0 Å². The van der Waals surface area contributed by atoms with Gasteiger partial charge in [-0.3, -0.25) is 0 Å². The van der Waals surface area contributed by atoms with Gasteiger partial charge in [0, 0.05) is 11.3 Å². The average Bonchev–Trinajstić information content (AvgIpc) is 2.71. The SMILES string of the molecule is CC1(C)OCC[C@@]12CC[C@@H](CN=[N+]=[N-])O2. The minimum atomic E-state index is -0.210. The highest BCUT2D eigenvalue weighted by molar-refractivity contribution is 5.05. The van der Waals surface area contributed by atoms with E-state index in [0.29, 0.717) is 6.54 Å². The minimum absolute atomic E-state index is 0.0712. The Bertz CT molecular complexity index is 299. The van der Waals surface area contributed by atoms with E-state index in [9.17, 15) is 0 Å². The molecule has 2 heterocycles. The second-order valence-corrected chi connectivity index (χ2v) is 4.80. The predicted molar refractivity (Wildman–Crippen MR) is 55.5 cm³/mol. The van der Waals surface area contributed by atoms with Gasteiger partial charge in [-0.15, -0.1) is 0 Å². The van der Waals surface area contributed by atoms with Crippen molar-refractivity contribution in [3.8, 4) is 0 Å². The van der Waals surface area contributed by atoms with E-state index in [4.69, 9.17) is 15.0 Å². The minimum Gasteiger partial charge on any atom is -0.372 e. The molecule has 0 bridgehead atoms. The van der Waals surface area contributed by atoms with Crippen molar-refractivity contribution < 1.29 is 9.47 Å². The summed E-state index contributed by atoms with van der Waals surface area (Å²) in [6.07, 6.45) is 2.99. The van der Waals surface area contributed by atoms with E-state index in [-0.39, 0.29) is 17.3 Å². The highest BCUT2D eigenvalue weighted by Gasteiger charge is 2.55. The van der Waals surface area contributed by atoms with E-state index in [1.54, 1.807) is 0 Å². The van der Waals surface area contributed by atoms with Gasteiger partial charge in [0.1, 0.15) is 0 Å². The largest absolute Gasteiger partial charge is 0.372 e. The summed E-state index contributed by atoms with van der Waals surface area (Å²) in [5.41, 5.74) is 7.90. The van der Waals surface area contributed by atoms with Gasteiger partial charge in [0.15, 0.2) is 0 Å². The fraction of sp³-hybridized carbons (Fsp3) is 1.00. The van der Waals surface area contributed by atoms with Crippen LogP contribution in [-0.4, -0.2) is 30.5 Å². The molecule has 0 aliphatic carbocycles. The van der Waals surface area contributed by atoms with Gasteiger partial charge in [-0.1, -0.05) is 5.11 Å². The summed E-state index contributed by atoms with van der Waals surface area (Å²) in [6, 6.07) is 0. The number of rotatable bonds is 2. The van der Waals surface area contributed by atoms with Crippen LogP contribution in [0, 0.1) is 0 Å². The standard InChI is InChI=1S/C10H17N3O2/c1-9(2)10(5-6-14-9)4-3-8(15-10)7-12-13-11/h8H,3-7H2,1-2H3/t8-,10-/m0/s1. The van der Waals surface area contributed by atoms with Crippen LogP contribution in [-0.2, 0) is 9.47 Å². The van der Waals surface area contributed by atoms with Gasteiger partial charge < -0.3 is 9.47 Å². The molecule has 1 spiro atoms. The smallest absolute Gasteiger partial charge is 0.0991 e. The van der Waals surface area contributed by atoms with Crippen molar-refractivity contribution in [2.75, 3.05) is 13.2 Å². The molecule has 2 aliphatic heterocycles. The highest BCUT2D eigenvalue weighted by atomic mass is 16.6. The molecule has 5 heteroatoms. The Morgan fingerprint density at radius 2 is 2.27 bits per heavy atom. The lowest BCUT2D eigenvalue weighted by Gasteiger charge is -2.36. The van der Waals surface area contributed by atoms with Crippen molar-refractivity contribution in [2.24, 2.45) is 5.11 Å². The molecule has 0 N–H and O–H groups in total. The van der Waals surface area contributed by atoms with Gasteiger partial charge in [0.2, 0.25) is 0 Å². The number of azide groups is 1. The van der Waals surface area contributed by atoms with Crippen molar-refractivity contribution in [1.82, 2.24) is 0 Å². The van der Waals surface area contributed by atoms with Crippen LogP contribution in [0.3, 0.4) is 0 Å². The number of ether oxygens (including phenoxy) is 2. The van der Waals surface area contributed by atoms with Crippen molar-refractivity contribution in [3.63, 3.8) is 0 Å². The van der Waals surface area contributed by atoms with Crippen LogP contribution in [0.5, 0.6) is 0 Å². The molecule has 84 valence electrons. The van der Waals surface area contributed by atoms with E-state index in [0.717, 1.165) is 25.9 Å². The summed E-state index contributed by atoms with van der Waals surface area (Å²) in [6.45, 7) is 5.36. The van der Waals surface area contributed by atoms with Crippen LogP contribution >= 0.6 is 0 Å². The van der Waals surface area contributed by atoms with Crippen molar-refractivity contribution in [3.05, 3.63) is 10.4 Å². The summed E-state index contributed by atoms with van der Waals surface area (Å²) >= 11 is 0. The zero-order valence-corrected chi connectivity index (χ0v) is 9.27. The third-order valence-electron chi connectivity index (χ3n) is 3.68. The summed E-state index contributed by atoms with van der Waals surface area (Å²) in [5.74, 6) is 0. The van der Waals surface area contributed by atoms with Crippen LogP contribution in [0.4, 0.5) is 0 Å². The molecule has 0 aromatic rings. The topological polar surface area (TPSA) is 67.2 Å². The molecule has 0 saturated carbocycles. The first-order chi connectivity index (χ1) is 7.10. The van der Waals surface area contributed by atoms with E-state index in [1.807, 2.05) is 0 Å². The Morgan fingerprint density at radius 3 is 2.87 bits per heavy atom. The molecule has 0 amide bonds. The first kappa shape index (κ1) is 10.7. The van der Waals surface area contributed by atoms with Crippen molar-refractivity contribution in [1.29, 1.82) is 0 Å². The fourth-order valence-electron chi connectivity index (χ4n) is 2.62. The number of hydrogen-bond acceptors (Lipinski definition) is 3. The van der Waals surface area contributed by atoms with Crippen LogP contribution in [0.2, 0.25) is 0 Å². The van der Waals surface area contributed by atoms with Crippen molar-refractivity contribution >= 4 is 0 Å². The second-order valence-electron chi connectivity index (χ2n) is 4.80. The summed E-state index contributed by atoms with van der Waals surface area (Å²) in [4.78, 5) is 2.76. The van der Waals surface area contributed by atoms with E-state index < -0.39 is 0 Å². The predicted octanol–water partition coefficient (Wildman–Crippen LogP) is 2.41. The molecule has 5 nitrogen and oxygen atoms in total. The van der Waals surface area contributed by atoms with Crippen LogP contribution in [0.15, 0.2) is 5.11 Å². The van der Waals surface area contributed by atoms with Crippen LogP contribution in [0.25, 0.3) is 10.4 Å². The molecule has 2 fully saturated rings. The molecule has 2 saturated heterocycles. The van der Waals surface area contributed by atoms with Crippen molar-refractivity contribution in [2.45, 2.75) is 50.4 Å². The summed E-state index contributed by atoms with van der Waals surface area (Å²) < 4.78 is 11.7. The van der Waals surface area contributed by atoms with Crippen LogP contribution < -0.4 is 0 Å². The normalized spacial score (nSPS) is 38.1. The van der Waals surface area contributed by atoms with Gasteiger partial charge in [0.05, 0.1) is 30.5 Å². The number of hydrogen-bond donors (Lipinski definition) is 0. The molecule has 0 aromatic heterocycles. The van der Waals surface area contributed by atoms with Gasteiger partial charge in [-0.25, -0.2) is 0 Å². The molecule has 15 heavy (non-hydrogen) atoms. The Morgan fingerprint density at radius 1 is 1.47 bits per heavy atom. The number of nitrogens with zero attached hydrogens (tertiary/aromatic N) is 3. The fourth-order valence-corrected chi connectivity index (χ4v) is 2.62. The quantitative estimate of drug-likeness (QED) is 0.400. The maximum atomic E-state index is 8.26. The van der Waals surface area contributed by atoms with E-state index in [1.165, 1.54) is 0 Å².